The van der Waals surface area contributed by atoms with E-state index in [4.69, 9.17) is 15.6 Å². The molecule has 1 aromatic heterocycles. The number of alkyl halides is 3. The molecular weight excluding hydrogens is 489 g/mol. The second kappa shape index (κ2) is 13.3. The number of carbonyl (C=O) groups is 1. The van der Waals surface area contributed by atoms with Gasteiger partial charge in [0.25, 0.3) is 5.91 Å². The number of nitrogens with zero attached hydrogens (tertiary/aromatic N) is 4. The number of halogens is 3. The number of aromatic nitrogens is 2. The van der Waals surface area contributed by atoms with Gasteiger partial charge in [-0.05, 0) is 36.6 Å². The van der Waals surface area contributed by atoms with E-state index in [9.17, 15) is 18.0 Å². The highest BCUT2D eigenvalue weighted by molar-refractivity contribution is 6.01. The molecule has 1 amide bonds. The number of aliphatic imine (C=N–C) groups is 1. The molecule has 2 heterocycles. The number of aryl methyl sites for hydroxylation is 1. The lowest BCUT2D eigenvalue weighted by atomic mass is 10.00. The molecule has 0 aliphatic carbocycles. The molecular formula is C25H31F3N6O3. The van der Waals surface area contributed by atoms with Crippen LogP contribution < -0.4 is 11.1 Å². The second-order valence-electron chi connectivity index (χ2n) is 8.47. The van der Waals surface area contributed by atoms with Crippen molar-refractivity contribution in [3.8, 4) is 0 Å². The first-order valence-corrected chi connectivity index (χ1v) is 11.9. The van der Waals surface area contributed by atoms with Crippen LogP contribution in [-0.2, 0) is 10.9 Å². The number of ether oxygens (including phenoxy) is 1. The Morgan fingerprint density at radius 2 is 2.00 bits per heavy atom. The molecule has 200 valence electrons. The highest BCUT2D eigenvalue weighted by atomic mass is 19.4. The number of nitrogens with one attached hydrogen (secondary N) is 1. The summed E-state index contributed by atoms with van der Waals surface area (Å²) in [4.78, 5) is 26.4. The molecule has 0 spiro atoms. The zero-order valence-electron chi connectivity index (χ0n) is 20.5. The van der Waals surface area contributed by atoms with Crippen LogP contribution in [0.3, 0.4) is 0 Å². The average molecular weight is 521 g/mol. The number of nitrogens with two attached hydrogens (primary N) is 1. The van der Waals surface area contributed by atoms with Crippen LogP contribution in [0.4, 0.5) is 13.2 Å². The SMILES string of the molecule is Cc1cccc(C(=O)NCC(c2cnc(C(F)(F)F)nc2)N2CCOCC2)c1/C=C\C(N)=NCCCO. The molecule has 4 N–H and O–H groups in total. The van der Waals surface area contributed by atoms with Gasteiger partial charge in [-0.25, -0.2) is 9.97 Å². The van der Waals surface area contributed by atoms with Gasteiger partial charge in [-0.2, -0.15) is 13.2 Å². The van der Waals surface area contributed by atoms with E-state index in [1.165, 1.54) is 0 Å². The summed E-state index contributed by atoms with van der Waals surface area (Å²) < 4.78 is 44.2. The Labute approximate surface area is 213 Å². The number of amidine groups is 1. The number of aliphatic hydroxyl groups excluding tert-OH is 1. The van der Waals surface area contributed by atoms with Crippen molar-refractivity contribution in [1.82, 2.24) is 20.2 Å². The molecule has 2 aromatic rings. The summed E-state index contributed by atoms with van der Waals surface area (Å²) in [6.45, 7) is 4.46. The minimum absolute atomic E-state index is 0.0205. The highest BCUT2D eigenvalue weighted by Gasteiger charge is 2.35. The van der Waals surface area contributed by atoms with E-state index in [2.05, 4.69) is 20.3 Å². The Balaban J connectivity index is 1.79. The van der Waals surface area contributed by atoms with Gasteiger partial charge in [0.1, 0.15) is 5.84 Å². The Morgan fingerprint density at radius 1 is 1.30 bits per heavy atom. The van der Waals surface area contributed by atoms with Gasteiger partial charge < -0.3 is 20.9 Å². The molecule has 1 atom stereocenters. The van der Waals surface area contributed by atoms with Gasteiger partial charge in [0, 0.05) is 56.3 Å². The molecule has 1 fully saturated rings. The van der Waals surface area contributed by atoms with Crippen molar-refractivity contribution in [2.45, 2.75) is 25.6 Å². The van der Waals surface area contributed by atoms with Crippen LogP contribution in [0.1, 0.15) is 45.3 Å². The number of morpholine rings is 1. The van der Waals surface area contributed by atoms with E-state index in [0.717, 1.165) is 18.0 Å². The lowest BCUT2D eigenvalue weighted by Crippen LogP contribution is -2.44. The number of hydrogen-bond acceptors (Lipinski definition) is 7. The average Bonchev–Trinajstić information content (AvgIpc) is 2.88. The predicted octanol–water partition coefficient (Wildman–Crippen LogP) is 2.36. The van der Waals surface area contributed by atoms with Gasteiger partial charge in [0.15, 0.2) is 0 Å². The molecule has 0 radical (unpaired) electrons. The molecule has 9 nitrogen and oxygen atoms in total. The van der Waals surface area contributed by atoms with Crippen LogP contribution in [0.2, 0.25) is 0 Å². The zero-order valence-corrected chi connectivity index (χ0v) is 20.5. The third kappa shape index (κ3) is 8.07. The van der Waals surface area contributed by atoms with E-state index >= 15 is 0 Å². The number of benzene rings is 1. The molecule has 0 saturated carbocycles. The fourth-order valence-electron chi connectivity index (χ4n) is 3.89. The number of aliphatic hydroxyl groups is 1. The lowest BCUT2D eigenvalue weighted by molar-refractivity contribution is -0.145. The molecule has 1 aliphatic heterocycles. The molecule has 1 unspecified atom stereocenters. The summed E-state index contributed by atoms with van der Waals surface area (Å²) in [6, 6.07) is 4.88. The van der Waals surface area contributed by atoms with Gasteiger partial charge in [0.05, 0.1) is 19.3 Å². The lowest BCUT2D eigenvalue weighted by Gasteiger charge is -2.34. The molecule has 37 heavy (non-hydrogen) atoms. The van der Waals surface area contributed by atoms with Crippen LogP contribution in [-0.4, -0.2) is 77.7 Å². The molecule has 1 aliphatic rings. The van der Waals surface area contributed by atoms with E-state index in [1.807, 2.05) is 17.9 Å². The van der Waals surface area contributed by atoms with Crippen LogP contribution in [0.15, 0.2) is 41.7 Å². The van der Waals surface area contributed by atoms with Crippen LogP contribution in [0.5, 0.6) is 0 Å². The molecule has 12 heteroatoms. The van der Waals surface area contributed by atoms with Crippen LogP contribution in [0.25, 0.3) is 6.08 Å². The minimum Gasteiger partial charge on any atom is -0.396 e. The maximum Gasteiger partial charge on any atom is 0.451 e. The minimum atomic E-state index is -4.64. The van der Waals surface area contributed by atoms with Crippen molar-refractivity contribution in [2.75, 3.05) is 46.0 Å². The summed E-state index contributed by atoms with van der Waals surface area (Å²) in [6.07, 6.45) is 1.49. The molecule has 3 rings (SSSR count). The summed E-state index contributed by atoms with van der Waals surface area (Å²) in [5, 5.41) is 11.8. The van der Waals surface area contributed by atoms with Gasteiger partial charge in [-0.3, -0.25) is 14.7 Å². The Kier molecular flexibility index (Phi) is 10.1. The monoisotopic (exact) mass is 520 g/mol. The van der Waals surface area contributed by atoms with Gasteiger partial charge in [0.2, 0.25) is 5.82 Å². The molecule has 1 aromatic carbocycles. The van der Waals surface area contributed by atoms with Crippen LogP contribution >= 0.6 is 0 Å². The van der Waals surface area contributed by atoms with E-state index in [1.54, 1.807) is 24.3 Å². The Hall–Kier alpha value is -3.35. The van der Waals surface area contributed by atoms with E-state index in [0.29, 0.717) is 56.0 Å². The molecule has 0 bridgehead atoms. The summed E-state index contributed by atoms with van der Waals surface area (Å²) in [7, 11) is 0. The first-order chi connectivity index (χ1) is 17.7. The highest BCUT2D eigenvalue weighted by Crippen LogP contribution is 2.27. The molecule has 1 saturated heterocycles. The van der Waals surface area contributed by atoms with Crippen molar-refractivity contribution in [3.63, 3.8) is 0 Å². The quantitative estimate of drug-likeness (QED) is 0.249. The fraction of sp³-hybridized carbons (Fsp3) is 0.440. The van der Waals surface area contributed by atoms with E-state index < -0.39 is 18.0 Å². The predicted molar refractivity (Wildman–Crippen MR) is 133 cm³/mol. The number of rotatable bonds is 10. The summed E-state index contributed by atoms with van der Waals surface area (Å²) in [5.41, 5.74) is 8.31. The van der Waals surface area contributed by atoms with Gasteiger partial charge >= 0.3 is 6.18 Å². The standard InChI is InChI=1S/C25H31F3N6O3/c1-17-4-2-5-20(19(17)6-7-22(29)30-8-3-11-35)23(36)31-16-21(34-9-12-37-13-10-34)18-14-32-24(33-15-18)25(26,27)28/h2,4-7,14-15,21,35H,3,8-13,16H2,1H3,(H2,29,30)(H,31,36)/b7-6-. The number of hydrogen-bond donors (Lipinski definition) is 3. The summed E-state index contributed by atoms with van der Waals surface area (Å²) >= 11 is 0. The topological polar surface area (TPSA) is 126 Å². The first kappa shape index (κ1) is 28.2. The van der Waals surface area contributed by atoms with Gasteiger partial charge in [-0.1, -0.05) is 18.2 Å². The van der Waals surface area contributed by atoms with Crippen LogP contribution in [0, 0.1) is 6.92 Å². The van der Waals surface area contributed by atoms with Crippen molar-refractivity contribution in [1.29, 1.82) is 0 Å². The number of amides is 1. The normalized spacial score (nSPS) is 16.2. The van der Waals surface area contributed by atoms with Crippen molar-refractivity contribution in [3.05, 3.63) is 64.7 Å². The Bertz CT molecular complexity index is 1100. The Morgan fingerprint density at radius 3 is 2.65 bits per heavy atom. The van der Waals surface area contributed by atoms with Crippen molar-refractivity contribution < 1.29 is 27.8 Å². The third-order valence-corrected chi connectivity index (χ3v) is 5.85. The summed E-state index contributed by atoms with van der Waals surface area (Å²) in [5.74, 6) is -1.28. The maximum absolute atomic E-state index is 13.2. The zero-order chi connectivity index (χ0) is 26.8. The maximum atomic E-state index is 13.2. The smallest absolute Gasteiger partial charge is 0.396 e. The van der Waals surface area contributed by atoms with Gasteiger partial charge in [-0.15, -0.1) is 0 Å². The third-order valence-electron chi connectivity index (χ3n) is 5.85. The fourth-order valence-corrected chi connectivity index (χ4v) is 3.89. The van der Waals surface area contributed by atoms with E-state index in [-0.39, 0.29) is 24.9 Å². The van der Waals surface area contributed by atoms with Crippen molar-refractivity contribution in [2.24, 2.45) is 10.7 Å². The number of carbonyl (C=O) groups excluding carboxylic acids is 1. The van der Waals surface area contributed by atoms with Crippen molar-refractivity contribution >= 4 is 17.8 Å². The second-order valence-corrected chi connectivity index (χ2v) is 8.47. The first-order valence-electron chi connectivity index (χ1n) is 11.9. The largest absolute Gasteiger partial charge is 0.451 e.